The smallest absolute Gasteiger partial charge is 0.181 e. The molecule has 2 heteroatoms. The van der Waals surface area contributed by atoms with Gasteiger partial charge in [-0.25, -0.2) is 4.98 Å². The van der Waals surface area contributed by atoms with Gasteiger partial charge in [0, 0.05) is 6.42 Å². The second kappa shape index (κ2) is 1.97. The lowest BCUT2D eigenvalue weighted by Gasteiger charge is -2.09. The van der Waals surface area contributed by atoms with Crippen LogP contribution in [-0.2, 0) is 6.42 Å². The first kappa shape index (κ1) is 5.71. The molecule has 52 valence electrons. The van der Waals surface area contributed by atoms with Gasteiger partial charge in [-0.15, -0.1) is 0 Å². The zero-order valence-electron chi connectivity index (χ0n) is 5.76. The molecule has 0 saturated carbocycles. The SMILES string of the molecule is C=C1CCCc2ocnc21. The van der Waals surface area contributed by atoms with Gasteiger partial charge >= 0.3 is 0 Å². The van der Waals surface area contributed by atoms with E-state index in [0.717, 1.165) is 36.3 Å². The van der Waals surface area contributed by atoms with Crippen molar-refractivity contribution in [3.8, 4) is 0 Å². The van der Waals surface area contributed by atoms with E-state index in [1.807, 2.05) is 0 Å². The van der Waals surface area contributed by atoms with Crippen LogP contribution in [0.4, 0.5) is 0 Å². The highest BCUT2D eigenvalue weighted by Crippen LogP contribution is 2.27. The number of hydrogen-bond donors (Lipinski definition) is 0. The second-order valence-electron chi connectivity index (χ2n) is 2.58. The van der Waals surface area contributed by atoms with Crippen LogP contribution in [0.5, 0.6) is 0 Å². The first-order chi connectivity index (χ1) is 4.88. The number of allylic oxidation sites excluding steroid dienone is 1. The largest absolute Gasteiger partial charge is 0.448 e. The molecule has 1 aromatic heterocycles. The molecular weight excluding hydrogens is 126 g/mol. The summed E-state index contributed by atoms with van der Waals surface area (Å²) in [6.07, 6.45) is 4.75. The zero-order valence-corrected chi connectivity index (χ0v) is 5.76. The van der Waals surface area contributed by atoms with Crippen molar-refractivity contribution >= 4 is 5.57 Å². The van der Waals surface area contributed by atoms with E-state index < -0.39 is 0 Å². The third-order valence-corrected chi connectivity index (χ3v) is 1.86. The van der Waals surface area contributed by atoms with Gasteiger partial charge in [0.1, 0.15) is 11.5 Å². The van der Waals surface area contributed by atoms with Crippen molar-refractivity contribution in [3.63, 3.8) is 0 Å². The number of hydrogen-bond acceptors (Lipinski definition) is 2. The molecule has 0 atom stereocenters. The molecule has 2 rings (SSSR count). The van der Waals surface area contributed by atoms with E-state index >= 15 is 0 Å². The normalized spacial score (nSPS) is 17.0. The monoisotopic (exact) mass is 135 g/mol. The van der Waals surface area contributed by atoms with E-state index in [2.05, 4.69) is 11.6 Å². The molecule has 0 radical (unpaired) electrons. The van der Waals surface area contributed by atoms with Gasteiger partial charge < -0.3 is 4.42 Å². The van der Waals surface area contributed by atoms with Crippen molar-refractivity contribution in [1.29, 1.82) is 0 Å². The average Bonchev–Trinajstić information content (AvgIpc) is 2.36. The minimum Gasteiger partial charge on any atom is -0.448 e. The van der Waals surface area contributed by atoms with Gasteiger partial charge in [-0.2, -0.15) is 0 Å². The topological polar surface area (TPSA) is 26.0 Å². The molecule has 1 aliphatic rings. The highest BCUT2D eigenvalue weighted by atomic mass is 16.3. The van der Waals surface area contributed by atoms with Crippen LogP contribution in [0.25, 0.3) is 5.57 Å². The van der Waals surface area contributed by atoms with E-state index in [0.29, 0.717) is 0 Å². The van der Waals surface area contributed by atoms with Crippen molar-refractivity contribution < 1.29 is 4.42 Å². The molecular formula is C8H9NO. The first-order valence-corrected chi connectivity index (χ1v) is 3.48. The van der Waals surface area contributed by atoms with Crippen molar-refractivity contribution in [2.45, 2.75) is 19.3 Å². The third kappa shape index (κ3) is 0.685. The fourth-order valence-electron chi connectivity index (χ4n) is 1.32. The van der Waals surface area contributed by atoms with Gasteiger partial charge in [-0.1, -0.05) is 6.58 Å². The summed E-state index contributed by atoms with van der Waals surface area (Å²) < 4.78 is 5.15. The summed E-state index contributed by atoms with van der Waals surface area (Å²) in [5.41, 5.74) is 2.11. The van der Waals surface area contributed by atoms with E-state index in [1.54, 1.807) is 0 Å². The Hall–Kier alpha value is -1.05. The molecule has 1 aliphatic carbocycles. The van der Waals surface area contributed by atoms with E-state index in [9.17, 15) is 0 Å². The molecule has 0 saturated heterocycles. The highest BCUT2D eigenvalue weighted by Gasteiger charge is 2.15. The molecule has 0 N–H and O–H groups in total. The lowest BCUT2D eigenvalue weighted by molar-refractivity contribution is 0.493. The van der Waals surface area contributed by atoms with Gasteiger partial charge in [0.15, 0.2) is 6.39 Å². The van der Waals surface area contributed by atoms with Crippen molar-refractivity contribution in [3.05, 3.63) is 24.4 Å². The molecule has 1 heterocycles. The van der Waals surface area contributed by atoms with Crippen LogP contribution in [0.2, 0.25) is 0 Å². The lowest BCUT2D eigenvalue weighted by Crippen LogP contribution is -1.97. The second-order valence-corrected chi connectivity index (χ2v) is 2.58. The minimum atomic E-state index is 0.992. The fourth-order valence-corrected chi connectivity index (χ4v) is 1.32. The average molecular weight is 135 g/mol. The molecule has 1 aromatic rings. The summed E-state index contributed by atoms with van der Waals surface area (Å²) in [5, 5.41) is 0. The number of rotatable bonds is 0. The van der Waals surface area contributed by atoms with Gasteiger partial charge in [0.2, 0.25) is 0 Å². The van der Waals surface area contributed by atoms with Crippen LogP contribution in [-0.4, -0.2) is 4.98 Å². The van der Waals surface area contributed by atoms with Crippen molar-refractivity contribution in [2.75, 3.05) is 0 Å². The van der Waals surface area contributed by atoms with E-state index in [1.165, 1.54) is 6.39 Å². The van der Waals surface area contributed by atoms with Gasteiger partial charge in [0.05, 0.1) is 0 Å². The molecule has 2 nitrogen and oxygen atoms in total. The third-order valence-electron chi connectivity index (χ3n) is 1.86. The Balaban J connectivity index is 2.50. The van der Waals surface area contributed by atoms with Gasteiger partial charge in [-0.3, -0.25) is 0 Å². The van der Waals surface area contributed by atoms with Gasteiger partial charge in [-0.05, 0) is 18.4 Å². The molecule has 0 aromatic carbocycles. The Kier molecular flexibility index (Phi) is 1.13. The minimum absolute atomic E-state index is 0.992. The zero-order chi connectivity index (χ0) is 6.97. The summed E-state index contributed by atoms with van der Waals surface area (Å²) in [6, 6.07) is 0. The molecule has 10 heavy (non-hydrogen) atoms. The Bertz CT molecular complexity index is 262. The summed E-state index contributed by atoms with van der Waals surface area (Å²) in [6.45, 7) is 3.91. The lowest BCUT2D eigenvalue weighted by atomic mass is 9.98. The number of nitrogens with zero attached hydrogens (tertiary/aromatic N) is 1. The Morgan fingerprint density at radius 3 is 3.20 bits per heavy atom. The Labute approximate surface area is 59.6 Å². The van der Waals surface area contributed by atoms with Crippen molar-refractivity contribution in [2.24, 2.45) is 0 Å². The summed E-state index contributed by atoms with van der Waals surface area (Å²) in [5.74, 6) is 1.01. The van der Waals surface area contributed by atoms with Crippen LogP contribution < -0.4 is 0 Å². The van der Waals surface area contributed by atoms with Crippen LogP contribution in [0.3, 0.4) is 0 Å². The molecule has 0 spiro atoms. The first-order valence-electron chi connectivity index (χ1n) is 3.48. The summed E-state index contributed by atoms with van der Waals surface area (Å²) in [7, 11) is 0. The van der Waals surface area contributed by atoms with Gasteiger partial charge in [0.25, 0.3) is 0 Å². The number of aromatic nitrogens is 1. The molecule has 0 amide bonds. The van der Waals surface area contributed by atoms with E-state index in [4.69, 9.17) is 4.42 Å². The quantitative estimate of drug-likeness (QED) is 0.544. The Morgan fingerprint density at radius 1 is 1.50 bits per heavy atom. The number of aryl methyl sites for hydroxylation is 1. The van der Waals surface area contributed by atoms with Crippen LogP contribution in [0.15, 0.2) is 17.4 Å². The molecule has 0 bridgehead atoms. The van der Waals surface area contributed by atoms with Crippen LogP contribution >= 0.6 is 0 Å². The van der Waals surface area contributed by atoms with Crippen LogP contribution in [0.1, 0.15) is 24.3 Å². The molecule has 0 fully saturated rings. The maximum atomic E-state index is 5.15. The maximum absolute atomic E-state index is 5.15. The van der Waals surface area contributed by atoms with Crippen molar-refractivity contribution in [1.82, 2.24) is 4.98 Å². The number of fused-ring (bicyclic) bond motifs is 1. The maximum Gasteiger partial charge on any atom is 0.181 e. The predicted octanol–water partition coefficient (Wildman–Crippen LogP) is 2.02. The molecule has 0 aliphatic heterocycles. The summed E-state index contributed by atoms with van der Waals surface area (Å²) in [4.78, 5) is 4.07. The predicted molar refractivity (Wildman–Crippen MR) is 38.5 cm³/mol. The van der Waals surface area contributed by atoms with E-state index in [-0.39, 0.29) is 0 Å². The highest BCUT2D eigenvalue weighted by molar-refractivity contribution is 5.62. The Morgan fingerprint density at radius 2 is 2.40 bits per heavy atom. The molecule has 0 unspecified atom stereocenters. The standard InChI is InChI=1S/C8H9NO/c1-6-3-2-4-7-8(6)9-5-10-7/h5H,1-4H2. The van der Waals surface area contributed by atoms with Crippen LogP contribution in [0, 0.1) is 0 Å². The number of oxazole rings is 1. The fraction of sp³-hybridized carbons (Fsp3) is 0.375. The summed E-state index contributed by atoms with van der Waals surface area (Å²) >= 11 is 0.